The van der Waals surface area contributed by atoms with Crippen molar-refractivity contribution in [1.29, 1.82) is 0 Å². The Labute approximate surface area is 128 Å². The Hall–Kier alpha value is -3.02. The highest BCUT2D eigenvalue weighted by molar-refractivity contribution is 5.97. The number of carbonyl (C=O) groups excluding carboxylic acids is 1. The molecule has 0 fully saturated rings. The highest BCUT2D eigenvalue weighted by atomic mass is 16.5. The standard InChI is InChI=1S/C16H16N2O4/c1-21-14-8-7-11(9-15(14)22-2)10-17-18-16(20)12-5-3-4-6-13(12)19/h3-10,19H,1-2H3,(H,18,20)/b17-10-. The van der Waals surface area contributed by atoms with E-state index >= 15 is 0 Å². The summed E-state index contributed by atoms with van der Waals surface area (Å²) in [6.45, 7) is 0. The quantitative estimate of drug-likeness (QED) is 0.655. The largest absolute Gasteiger partial charge is 0.507 e. The number of para-hydroxylation sites is 1. The number of hydrogen-bond acceptors (Lipinski definition) is 5. The van der Waals surface area contributed by atoms with E-state index in [2.05, 4.69) is 10.5 Å². The molecule has 6 nitrogen and oxygen atoms in total. The molecule has 0 spiro atoms. The molecule has 0 unspecified atom stereocenters. The van der Waals surface area contributed by atoms with E-state index in [1.807, 2.05) is 0 Å². The molecule has 0 aliphatic heterocycles. The third-order valence-electron chi connectivity index (χ3n) is 2.94. The Morgan fingerprint density at radius 3 is 2.55 bits per heavy atom. The van der Waals surface area contributed by atoms with Crippen LogP contribution in [0.25, 0.3) is 0 Å². The molecule has 0 aliphatic rings. The van der Waals surface area contributed by atoms with E-state index in [1.165, 1.54) is 18.3 Å². The van der Waals surface area contributed by atoms with Gasteiger partial charge in [0.15, 0.2) is 11.5 Å². The fourth-order valence-electron chi connectivity index (χ4n) is 1.82. The zero-order chi connectivity index (χ0) is 15.9. The van der Waals surface area contributed by atoms with Crippen molar-refractivity contribution < 1.29 is 19.4 Å². The van der Waals surface area contributed by atoms with Crippen molar-refractivity contribution in [2.24, 2.45) is 5.10 Å². The van der Waals surface area contributed by atoms with Crippen LogP contribution in [0.3, 0.4) is 0 Å². The SMILES string of the molecule is COc1ccc(/C=N\NC(=O)c2ccccc2O)cc1OC. The molecule has 0 radical (unpaired) electrons. The van der Waals surface area contributed by atoms with Crippen molar-refractivity contribution in [3.05, 3.63) is 53.6 Å². The lowest BCUT2D eigenvalue weighted by molar-refractivity contribution is 0.0952. The molecule has 2 rings (SSSR count). The van der Waals surface area contributed by atoms with Crippen molar-refractivity contribution >= 4 is 12.1 Å². The zero-order valence-electron chi connectivity index (χ0n) is 12.2. The smallest absolute Gasteiger partial charge is 0.275 e. The Bertz CT molecular complexity index is 698. The Morgan fingerprint density at radius 1 is 1.14 bits per heavy atom. The third-order valence-corrected chi connectivity index (χ3v) is 2.94. The first-order chi connectivity index (χ1) is 10.7. The van der Waals surface area contributed by atoms with Gasteiger partial charge in [-0.05, 0) is 35.9 Å². The third kappa shape index (κ3) is 3.54. The Balaban J connectivity index is 2.07. The summed E-state index contributed by atoms with van der Waals surface area (Å²) in [5.41, 5.74) is 3.24. The van der Waals surface area contributed by atoms with Crippen LogP contribution in [-0.4, -0.2) is 31.4 Å². The molecule has 2 N–H and O–H groups in total. The summed E-state index contributed by atoms with van der Waals surface area (Å²) >= 11 is 0. The molecule has 0 aromatic heterocycles. The number of aromatic hydroxyl groups is 1. The van der Waals surface area contributed by atoms with E-state index in [1.54, 1.807) is 44.6 Å². The summed E-state index contributed by atoms with van der Waals surface area (Å²) in [5, 5.41) is 13.4. The summed E-state index contributed by atoms with van der Waals surface area (Å²) in [7, 11) is 3.09. The van der Waals surface area contributed by atoms with Crippen LogP contribution in [0, 0.1) is 0 Å². The van der Waals surface area contributed by atoms with Crippen LogP contribution in [0.2, 0.25) is 0 Å². The first kappa shape index (κ1) is 15.4. The second-order valence-corrected chi connectivity index (χ2v) is 4.33. The number of benzene rings is 2. The monoisotopic (exact) mass is 300 g/mol. The van der Waals surface area contributed by atoms with Gasteiger partial charge in [0.2, 0.25) is 0 Å². The van der Waals surface area contributed by atoms with Crippen LogP contribution in [0.1, 0.15) is 15.9 Å². The highest BCUT2D eigenvalue weighted by Gasteiger charge is 2.08. The summed E-state index contributed by atoms with van der Waals surface area (Å²) in [6.07, 6.45) is 1.47. The van der Waals surface area contributed by atoms with Crippen molar-refractivity contribution in [2.75, 3.05) is 14.2 Å². The number of phenols is 1. The predicted molar refractivity (Wildman–Crippen MR) is 82.7 cm³/mol. The van der Waals surface area contributed by atoms with Gasteiger partial charge >= 0.3 is 0 Å². The minimum absolute atomic E-state index is 0.0960. The number of rotatable bonds is 5. The first-order valence-electron chi connectivity index (χ1n) is 6.49. The highest BCUT2D eigenvalue weighted by Crippen LogP contribution is 2.26. The van der Waals surface area contributed by atoms with E-state index in [4.69, 9.17) is 9.47 Å². The molecular formula is C16H16N2O4. The van der Waals surface area contributed by atoms with Crippen molar-refractivity contribution in [3.8, 4) is 17.2 Å². The number of hydrazone groups is 1. The van der Waals surface area contributed by atoms with E-state index < -0.39 is 5.91 Å². The first-order valence-corrected chi connectivity index (χ1v) is 6.49. The number of amides is 1. The van der Waals surface area contributed by atoms with Gasteiger partial charge in [0.25, 0.3) is 5.91 Å². The van der Waals surface area contributed by atoms with Crippen LogP contribution < -0.4 is 14.9 Å². The minimum atomic E-state index is -0.491. The Kier molecular flexibility index (Phi) is 4.98. The van der Waals surface area contributed by atoms with Gasteiger partial charge in [-0.2, -0.15) is 5.10 Å². The van der Waals surface area contributed by atoms with Gasteiger partial charge in [0, 0.05) is 0 Å². The summed E-state index contributed by atoms with van der Waals surface area (Å²) < 4.78 is 10.3. The lowest BCUT2D eigenvalue weighted by Crippen LogP contribution is -2.17. The van der Waals surface area contributed by atoms with Crippen LogP contribution in [0.5, 0.6) is 17.2 Å². The maximum absolute atomic E-state index is 11.8. The minimum Gasteiger partial charge on any atom is -0.507 e. The molecule has 0 aliphatic carbocycles. The maximum Gasteiger partial charge on any atom is 0.275 e. The van der Waals surface area contributed by atoms with E-state index in [0.717, 1.165) is 5.56 Å². The van der Waals surface area contributed by atoms with Gasteiger partial charge < -0.3 is 14.6 Å². The van der Waals surface area contributed by atoms with Crippen LogP contribution in [0.4, 0.5) is 0 Å². The van der Waals surface area contributed by atoms with Gasteiger partial charge in [-0.3, -0.25) is 4.79 Å². The molecule has 0 atom stereocenters. The fraction of sp³-hybridized carbons (Fsp3) is 0.125. The second kappa shape index (κ2) is 7.12. The molecule has 114 valence electrons. The number of nitrogens with one attached hydrogen (secondary N) is 1. The van der Waals surface area contributed by atoms with E-state index in [9.17, 15) is 9.90 Å². The normalized spacial score (nSPS) is 10.5. The molecule has 2 aromatic carbocycles. The maximum atomic E-state index is 11.8. The predicted octanol–water partition coefficient (Wildman–Crippen LogP) is 2.17. The zero-order valence-corrected chi connectivity index (χ0v) is 12.2. The fourth-order valence-corrected chi connectivity index (χ4v) is 1.82. The van der Waals surface area contributed by atoms with Gasteiger partial charge in [0.05, 0.1) is 26.0 Å². The number of hydrogen-bond donors (Lipinski definition) is 2. The number of ether oxygens (including phenoxy) is 2. The number of nitrogens with zero attached hydrogens (tertiary/aromatic N) is 1. The molecule has 1 amide bonds. The van der Waals surface area contributed by atoms with Crippen molar-refractivity contribution in [3.63, 3.8) is 0 Å². The molecular weight excluding hydrogens is 284 g/mol. The van der Waals surface area contributed by atoms with Gasteiger partial charge in [-0.25, -0.2) is 5.43 Å². The Morgan fingerprint density at radius 2 is 1.86 bits per heavy atom. The van der Waals surface area contributed by atoms with Crippen molar-refractivity contribution in [1.82, 2.24) is 5.43 Å². The second-order valence-electron chi connectivity index (χ2n) is 4.33. The average molecular weight is 300 g/mol. The topological polar surface area (TPSA) is 80.2 Å². The van der Waals surface area contributed by atoms with Crippen LogP contribution in [0.15, 0.2) is 47.6 Å². The van der Waals surface area contributed by atoms with E-state index in [-0.39, 0.29) is 11.3 Å². The molecule has 0 saturated heterocycles. The van der Waals surface area contributed by atoms with Crippen molar-refractivity contribution in [2.45, 2.75) is 0 Å². The summed E-state index contributed by atoms with van der Waals surface area (Å²) in [5.74, 6) is 0.590. The number of methoxy groups -OCH3 is 2. The van der Waals surface area contributed by atoms with Crippen LogP contribution in [-0.2, 0) is 0 Å². The molecule has 2 aromatic rings. The lowest BCUT2D eigenvalue weighted by atomic mass is 10.2. The van der Waals surface area contributed by atoms with Gasteiger partial charge in [-0.1, -0.05) is 12.1 Å². The summed E-state index contributed by atoms with van der Waals surface area (Å²) in [4.78, 5) is 11.8. The molecule has 0 heterocycles. The van der Waals surface area contributed by atoms with E-state index in [0.29, 0.717) is 11.5 Å². The van der Waals surface area contributed by atoms with Gasteiger partial charge in [0.1, 0.15) is 5.75 Å². The van der Waals surface area contributed by atoms with Gasteiger partial charge in [-0.15, -0.1) is 0 Å². The number of carbonyl (C=O) groups is 1. The van der Waals surface area contributed by atoms with Crippen LogP contribution >= 0.6 is 0 Å². The number of phenolic OH excluding ortho intramolecular Hbond substituents is 1. The molecule has 0 bridgehead atoms. The lowest BCUT2D eigenvalue weighted by Gasteiger charge is -2.07. The molecule has 6 heteroatoms. The summed E-state index contributed by atoms with van der Waals surface area (Å²) in [6, 6.07) is 11.5. The average Bonchev–Trinajstić information content (AvgIpc) is 2.55. The molecule has 0 saturated carbocycles. The molecule has 22 heavy (non-hydrogen) atoms.